The molecule has 1 aromatic carbocycles. The average molecular weight is 354 g/mol. The van der Waals surface area contributed by atoms with E-state index >= 15 is 0 Å². The van der Waals surface area contributed by atoms with Crippen LogP contribution in [0.15, 0.2) is 24.3 Å². The number of hydrogen-bond acceptors (Lipinski definition) is 4. The van der Waals surface area contributed by atoms with Gasteiger partial charge in [-0.1, -0.05) is 62.8 Å². The molecule has 2 unspecified atom stereocenters. The number of aliphatic hydroxyl groups excluding tert-OH is 2. The van der Waals surface area contributed by atoms with Crippen molar-refractivity contribution >= 4 is 16.8 Å². The minimum atomic E-state index is -0.694. The molecule has 0 bridgehead atoms. The molecule has 0 aromatic heterocycles. The Balaban J connectivity index is 1.53. The number of rotatable bonds is 11. The van der Waals surface area contributed by atoms with Gasteiger partial charge in [0.25, 0.3) is 0 Å². The van der Waals surface area contributed by atoms with E-state index in [1.165, 1.54) is 19.3 Å². The van der Waals surface area contributed by atoms with Crippen molar-refractivity contribution in [2.45, 2.75) is 70.2 Å². The molecule has 0 aliphatic carbocycles. The van der Waals surface area contributed by atoms with Crippen molar-refractivity contribution < 1.29 is 15.0 Å². The third-order valence-electron chi connectivity index (χ3n) is 4.72. The van der Waals surface area contributed by atoms with Gasteiger partial charge in [-0.15, -0.1) is 0 Å². The number of carbonyl (C=O) groups is 1. The predicted octanol–water partition coefficient (Wildman–Crippen LogP) is 4.26. The van der Waals surface area contributed by atoms with E-state index in [0.29, 0.717) is 13.0 Å². The van der Waals surface area contributed by atoms with Gasteiger partial charge in [-0.3, -0.25) is 4.79 Å². The molecule has 0 amide bonds. The van der Waals surface area contributed by atoms with E-state index in [2.05, 4.69) is 0 Å². The highest BCUT2D eigenvalue weighted by atomic mass is 35.5. The summed E-state index contributed by atoms with van der Waals surface area (Å²) >= 11 is 5.30. The molecule has 1 heterocycles. The van der Waals surface area contributed by atoms with Crippen LogP contribution in [-0.2, 0) is 4.79 Å². The maximum atomic E-state index is 10.6. The second-order valence-corrected chi connectivity index (χ2v) is 6.97. The molecule has 5 heteroatoms. The van der Waals surface area contributed by atoms with E-state index in [-0.39, 0.29) is 5.24 Å². The minimum Gasteiger partial charge on any atom is -0.374 e. The molecule has 0 saturated carbocycles. The van der Waals surface area contributed by atoms with Crippen molar-refractivity contribution in [2.24, 2.45) is 0 Å². The highest BCUT2D eigenvalue weighted by Crippen LogP contribution is 2.38. The van der Waals surface area contributed by atoms with Crippen LogP contribution in [0.25, 0.3) is 0 Å². The third kappa shape index (κ3) is 5.55. The van der Waals surface area contributed by atoms with E-state index in [1.807, 2.05) is 24.3 Å². The van der Waals surface area contributed by atoms with Gasteiger partial charge in [-0.2, -0.15) is 0 Å². The number of unbranched alkanes of at least 4 members (excludes halogenated alkanes) is 7. The Morgan fingerprint density at radius 3 is 1.83 bits per heavy atom. The summed E-state index contributed by atoms with van der Waals surface area (Å²) in [5, 5.41) is 20.4. The number of carbonyl (C=O) groups excluding carboxylic acids is 1. The Morgan fingerprint density at radius 2 is 1.33 bits per heavy atom. The molecule has 4 nitrogen and oxygen atoms in total. The van der Waals surface area contributed by atoms with Crippen molar-refractivity contribution in [3.63, 3.8) is 0 Å². The standard InChI is InChI=1S/C19H28ClNO3/c20-17(22)13-7-5-3-1-2-4-6-10-14-21-18(23)15-11-8-9-12-16(15)19(21)24/h8-9,11-12,18-19,23-24H,1-7,10,13-14H2. The molecule has 2 atom stereocenters. The molecular weight excluding hydrogens is 326 g/mol. The van der Waals surface area contributed by atoms with Gasteiger partial charge in [0.1, 0.15) is 12.5 Å². The predicted molar refractivity (Wildman–Crippen MR) is 95.5 cm³/mol. The van der Waals surface area contributed by atoms with Gasteiger partial charge in [0.15, 0.2) is 0 Å². The van der Waals surface area contributed by atoms with E-state index in [1.54, 1.807) is 4.90 Å². The lowest BCUT2D eigenvalue weighted by Gasteiger charge is -2.24. The van der Waals surface area contributed by atoms with Gasteiger partial charge in [0.05, 0.1) is 0 Å². The first-order chi connectivity index (χ1) is 11.6. The lowest BCUT2D eigenvalue weighted by molar-refractivity contribution is -0.111. The van der Waals surface area contributed by atoms with Crippen LogP contribution in [0.3, 0.4) is 0 Å². The molecule has 2 N–H and O–H groups in total. The molecule has 2 rings (SSSR count). The van der Waals surface area contributed by atoms with E-state index < -0.39 is 12.5 Å². The fourth-order valence-electron chi connectivity index (χ4n) is 3.34. The first-order valence-corrected chi connectivity index (χ1v) is 9.38. The number of aliphatic hydroxyl groups is 2. The van der Waals surface area contributed by atoms with Crippen molar-refractivity contribution in [1.29, 1.82) is 0 Å². The molecular formula is C19H28ClNO3. The zero-order valence-corrected chi connectivity index (χ0v) is 14.9. The number of hydrogen-bond donors (Lipinski definition) is 2. The Kier molecular flexibility index (Phi) is 8.19. The van der Waals surface area contributed by atoms with Gasteiger partial charge in [0.2, 0.25) is 5.24 Å². The zero-order valence-electron chi connectivity index (χ0n) is 14.2. The molecule has 134 valence electrons. The maximum absolute atomic E-state index is 10.6. The summed E-state index contributed by atoms with van der Waals surface area (Å²) in [6.45, 7) is 0.703. The molecule has 0 fully saturated rings. The lowest BCUT2D eigenvalue weighted by Crippen LogP contribution is -2.27. The zero-order chi connectivity index (χ0) is 17.4. The van der Waals surface area contributed by atoms with Crippen molar-refractivity contribution in [2.75, 3.05) is 6.54 Å². The fraction of sp³-hybridized carbons (Fsp3) is 0.632. The van der Waals surface area contributed by atoms with Crippen LogP contribution in [0.1, 0.15) is 81.4 Å². The van der Waals surface area contributed by atoms with E-state index in [0.717, 1.165) is 43.2 Å². The summed E-state index contributed by atoms with van der Waals surface area (Å²) in [5.74, 6) is 0. The van der Waals surface area contributed by atoms with Crippen LogP contribution in [-0.4, -0.2) is 26.9 Å². The van der Waals surface area contributed by atoms with Gasteiger partial charge >= 0.3 is 0 Å². The summed E-state index contributed by atoms with van der Waals surface area (Å²) in [6, 6.07) is 7.53. The number of benzene rings is 1. The summed E-state index contributed by atoms with van der Waals surface area (Å²) in [6.07, 6.45) is 7.86. The first-order valence-electron chi connectivity index (χ1n) is 9.00. The molecule has 1 aromatic rings. The fourth-order valence-corrected chi connectivity index (χ4v) is 3.47. The van der Waals surface area contributed by atoms with Crippen LogP contribution >= 0.6 is 11.6 Å². The largest absolute Gasteiger partial charge is 0.374 e. The first kappa shape index (κ1) is 19.4. The Bertz CT molecular complexity index is 494. The lowest BCUT2D eigenvalue weighted by atomic mass is 10.1. The van der Waals surface area contributed by atoms with Crippen LogP contribution in [0.5, 0.6) is 0 Å². The highest BCUT2D eigenvalue weighted by Gasteiger charge is 2.35. The minimum absolute atomic E-state index is 0.233. The van der Waals surface area contributed by atoms with Crippen molar-refractivity contribution in [3.8, 4) is 0 Å². The monoisotopic (exact) mass is 353 g/mol. The summed E-state index contributed by atoms with van der Waals surface area (Å²) in [7, 11) is 0. The number of fused-ring (bicyclic) bond motifs is 1. The topological polar surface area (TPSA) is 60.8 Å². The molecule has 1 aliphatic heterocycles. The Hall–Kier alpha value is -0.940. The molecule has 0 saturated heterocycles. The molecule has 0 spiro atoms. The summed E-state index contributed by atoms with van der Waals surface area (Å²) in [5.41, 5.74) is 1.64. The van der Waals surface area contributed by atoms with Crippen LogP contribution in [0, 0.1) is 0 Å². The molecule has 0 radical (unpaired) electrons. The van der Waals surface area contributed by atoms with Crippen molar-refractivity contribution in [3.05, 3.63) is 35.4 Å². The van der Waals surface area contributed by atoms with Crippen LogP contribution in [0.4, 0.5) is 0 Å². The average Bonchev–Trinajstić information content (AvgIpc) is 2.81. The Labute approximate surface area is 149 Å². The second kappa shape index (κ2) is 10.1. The van der Waals surface area contributed by atoms with E-state index in [4.69, 9.17) is 11.6 Å². The van der Waals surface area contributed by atoms with Gasteiger partial charge in [-0.05, 0) is 24.4 Å². The molecule has 1 aliphatic rings. The normalized spacial score (nSPS) is 20.3. The smallest absolute Gasteiger partial charge is 0.221 e. The number of halogens is 1. The summed E-state index contributed by atoms with van der Waals surface area (Å²) in [4.78, 5) is 12.4. The van der Waals surface area contributed by atoms with Crippen molar-refractivity contribution in [1.82, 2.24) is 4.90 Å². The van der Waals surface area contributed by atoms with E-state index in [9.17, 15) is 15.0 Å². The molecule has 24 heavy (non-hydrogen) atoms. The van der Waals surface area contributed by atoms with Gasteiger partial charge in [-0.25, -0.2) is 4.90 Å². The quantitative estimate of drug-likeness (QED) is 0.461. The van der Waals surface area contributed by atoms with Crippen LogP contribution in [0.2, 0.25) is 0 Å². The summed E-state index contributed by atoms with van der Waals surface area (Å²) < 4.78 is 0. The third-order valence-corrected chi connectivity index (χ3v) is 4.91. The Morgan fingerprint density at radius 1 is 0.875 bits per heavy atom. The van der Waals surface area contributed by atoms with Gasteiger partial charge in [0, 0.05) is 24.1 Å². The van der Waals surface area contributed by atoms with Crippen LogP contribution < -0.4 is 0 Å². The second-order valence-electron chi connectivity index (χ2n) is 6.55. The number of nitrogens with zero attached hydrogens (tertiary/aromatic N) is 1. The van der Waals surface area contributed by atoms with Gasteiger partial charge < -0.3 is 10.2 Å². The SMILES string of the molecule is O=C(Cl)CCCCCCCCCCN1C(O)c2ccccc2C1O. The highest BCUT2D eigenvalue weighted by molar-refractivity contribution is 6.63. The maximum Gasteiger partial charge on any atom is 0.221 e.